The molecular weight excluding hydrogens is 270 g/mol. The number of rotatable bonds is 5. The van der Waals surface area contributed by atoms with Gasteiger partial charge in [-0.1, -0.05) is 25.1 Å². The van der Waals surface area contributed by atoms with E-state index < -0.39 is 11.0 Å². The summed E-state index contributed by atoms with van der Waals surface area (Å²) in [6.07, 6.45) is 0.122. The summed E-state index contributed by atoms with van der Waals surface area (Å²) in [5.74, 6) is 0.698. The highest BCUT2D eigenvalue weighted by Crippen LogP contribution is 2.32. The molecule has 0 bridgehead atoms. The highest BCUT2D eigenvalue weighted by atomic mass is 16.6. The lowest BCUT2D eigenvalue weighted by Gasteiger charge is -2.10. The molecule has 5 nitrogen and oxygen atoms in total. The molecule has 0 aliphatic rings. The Balaban J connectivity index is 2.24. The van der Waals surface area contributed by atoms with Crippen LogP contribution in [0.3, 0.4) is 0 Å². The lowest BCUT2D eigenvalue weighted by molar-refractivity contribution is -0.385. The van der Waals surface area contributed by atoms with Crippen molar-refractivity contribution in [3.8, 4) is 11.5 Å². The van der Waals surface area contributed by atoms with Crippen molar-refractivity contribution in [2.75, 3.05) is 0 Å². The van der Waals surface area contributed by atoms with Crippen molar-refractivity contribution in [1.82, 2.24) is 0 Å². The van der Waals surface area contributed by atoms with Crippen LogP contribution in [0.15, 0.2) is 42.5 Å². The minimum Gasteiger partial charge on any atom is -0.450 e. The van der Waals surface area contributed by atoms with E-state index in [9.17, 15) is 15.2 Å². The Kier molecular flexibility index (Phi) is 4.55. The fraction of sp³-hybridized carbons (Fsp3) is 0.250. The summed E-state index contributed by atoms with van der Waals surface area (Å²) in [4.78, 5) is 10.6. The van der Waals surface area contributed by atoms with Gasteiger partial charge in [-0.2, -0.15) is 0 Å². The summed E-state index contributed by atoms with van der Waals surface area (Å²) in [6, 6.07) is 11.7. The molecule has 0 aliphatic carbocycles. The first-order chi connectivity index (χ1) is 10.0. The summed E-state index contributed by atoms with van der Waals surface area (Å²) < 4.78 is 5.57. The molecule has 0 fully saturated rings. The summed E-state index contributed by atoms with van der Waals surface area (Å²) in [5.41, 5.74) is 1.53. The largest absolute Gasteiger partial charge is 0.450 e. The average Bonchev–Trinajstić information content (AvgIpc) is 2.49. The third-order valence-corrected chi connectivity index (χ3v) is 3.19. The molecule has 2 aromatic rings. The molecule has 2 rings (SSSR count). The molecule has 0 aromatic heterocycles. The molecule has 2 aromatic carbocycles. The van der Waals surface area contributed by atoms with Gasteiger partial charge in [0.2, 0.25) is 5.75 Å². The number of benzene rings is 2. The second kappa shape index (κ2) is 6.37. The Labute approximate surface area is 123 Å². The van der Waals surface area contributed by atoms with Crippen LogP contribution in [-0.4, -0.2) is 10.0 Å². The zero-order valence-corrected chi connectivity index (χ0v) is 11.9. The third kappa shape index (κ3) is 3.58. The molecule has 0 radical (unpaired) electrons. The van der Waals surface area contributed by atoms with Crippen molar-refractivity contribution < 1.29 is 14.8 Å². The monoisotopic (exact) mass is 287 g/mol. The number of nitro groups is 1. The van der Waals surface area contributed by atoms with Gasteiger partial charge in [0, 0.05) is 6.07 Å². The first kappa shape index (κ1) is 15.0. The van der Waals surface area contributed by atoms with Crippen LogP contribution in [0, 0.1) is 17.0 Å². The number of aliphatic hydroxyl groups is 1. The number of aliphatic hydroxyl groups excluding tert-OH is 1. The van der Waals surface area contributed by atoms with Gasteiger partial charge in [0.25, 0.3) is 0 Å². The molecule has 1 unspecified atom stereocenters. The van der Waals surface area contributed by atoms with Crippen LogP contribution in [0.4, 0.5) is 5.69 Å². The molecule has 0 aliphatic heterocycles. The summed E-state index contributed by atoms with van der Waals surface area (Å²) in [6.45, 7) is 3.68. The maximum absolute atomic E-state index is 11.0. The summed E-state index contributed by atoms with van der Waals surface area (Å²) in [5, 5.41) is 20.8. The standard InChI is InChI=1S/C16H17NO4/c1-3-15(18)12-5-7-13(8-6-12)21-16-9-4-11(2)10-14(16)17(19)20/h4-10,15,18H,3H2,1-2H3. The number of ether oxygens (including phenoxy) is 1. The van der Waals surface area contributed by atoms with Crippen LogP contribution in [-0.2, 0) is 0 Å². The Bertz CT molecular complexity index is 637. The SMILES string of the molecule is CCC(O)c1ccc(Oc2ccc(C)cc2[N+](=O)[O-])cc1. The van der Waals surface area contributed by atoms with Gasteiger partial charge in [-0.05, 0) is 42.7 Å². The Morgan fingerprint density at radius 2 is 1.90 bits per heavy atom. The van der Waals surface area contributed by atoms with Gasteiger partial charge in [0.05, 0.1) is 11.0 Å². The van der Waals surface area contributed by atoms with Crippen molar-refractivity contribution >= 4 is 5.69 Å². The summed E-state index contributed by atoms with van der Waals surface area (Å²) in [7, 11) is 0. The van der Waals surface area contributed by atoms with Gasteiger partial charge in [0.15, 0.2) is 0 Å². The lowest BCUT2D eigenvalue weighted by Crippen LogP contribution is -1.96. The maximum atomic E-state index is 11.0. The molecule has 0 amide bonds. The molecule has 0 saturated heterocycles. The van der Waals surface area contributed by atoms with E-state index >= 15 is 0 Å². The quantitative estimate of drug-likeness (QED) is 0.662. The van der Waals surface area contributed by atoms with Gasteiger partial charge in [0.1, 0.15) is 5.75 Å². The maximum Gasteiger partial charge on any atom is 0.311 e. The predicted molar refractivity (Wildman–Crippen MR) is 79.6 cm³/mol. The Morgan fingerprint density at radius 1 is 1.24 bits per heavy atom. The molecule has 1 atom stereocenters. The predicted octanol–water partition coefficient (Wildman–Crippen LogP) is 4.14. The van der Waals surface area contributed by atoms with Gasteiger partial charge in [-0.25, -0.2) is 0 Å². The topological polar surface area (TPSA) is 72.6 Å². The van der Waals surface area contributed by atoms with E-state index in [1.54, 1.807) is 43.3 Å². The molecule has 110 valence electrons. The van der Waals surface area contributed by atoms with Gasteiger partial charge in [-0.3, -0.25) is 10.1 Å². The zero-order valence-electron chi connectivity index (χ0n) is 11.9. The molecule has 0 spiro atoms. The van der Waals surface area contributed by atoms with Crippen LogP contribution in [0.1, 0.15) is 30.6 Å². The number of hydrogen-bond donors (Lipinski definition) is 1. The number of aryl methyl sites for hydroxylation is 1. The van der Waals surface area contributed by atoms with E-state index in [0.717, 1.165) is 11.1 Å². The van der Waals surface area contributed by atoms with Crippen molar-refractivity contribution in [3.63, 3.8) is 0 Å². The van der Waals surface area contributed by atoms with Crippen molar-refractivity contribution in [3.05, 3.63) is 63.7 Å². The first-order valence-corrected chi connectivity index (χ1v) is 6.72. The number of nitro benzene ring substituents is 1. The number of hydrogen-bond acceptors (Lipinski definition) is 4. The molecule has 5 heteroatoms. The highest BCUT2D eigenvalue weighted by Gasteiger charge is 2.16. The minimum atomic E-state index is -0.507. The normalized spacial score (nSPS) is 12.0. The van der Waals surface area contributed by atoms with Crippen molar-refractivity contribution in [1.29, 1.82) is 0 Å². The van der Waals surface area contributed by atoms with E-state index in [0.29, 0.717) is 12.2 Å². The van der Waals surface area contributed by atoms with Crippen molar-refractivity contribution in [2.24, 2.45) is 0 Å². The van der Waals surface area contributed by atoms with E-state index in [-0.39, 0.29) is 11.4 Å². The minimum absolute atomic E-state index is 0.0623. The fourth-order valence-electron chi connectivity index (χ4n) is 1.98. The third-order valence-electron chi connectivity index (χ3n) is 3.19. The van der Waals surface area contributed by atoms with E-state index in [4.69, 9.17) is 4.74 Å². The van der Waals surface area contributed by atoms with Crippen LogP contribution < -0.4 is 4.74 Å². The Morgan fingerprint density at radius 3 is 2.48 bits per heavy atom. The van der Waals surface area contributed by atoms with E-state index in [1.807, 2.05) is 6.92 Å². The molecule has 1 N–H and O–H groups in total. The number of nitrogens with zero attached hydrogens (tertiary/aromatic N) is 1. The Hall–Kier alpha value is -2.40. The lowest BCUT2D eigenvalue weighted by atomic mass is 10.1. The second-order valence-electron chi connectivity index (χ2n) is 4.82. The molecule has 21 heavy (non-hydrogen) atoms. The smallest absolute Gasteiger partial charge is 0.311 e. The fourth-order valence-corrected chi connectivity index (χ4v) is 1.98. The van der Waals surface area contributed by atoms with Gasteiger partial charge in [-0.15, -0.1) is 0 Å². The van der Waals surface area contributed by atoms with Crippen LogP contribution >= 0.6 is 0 Å². The second-order valence-corrected chi connectivity index (χ2v) is 4.82. The molecule has 0 heterocycles. The van der Waals surface area contributed by atoms with Crippen LogP contribution in [0.2, 0.25) is 0 Å². The van der Waals surface area contributed by atoms with E-state index in [2.05, 4.69) is 0 Å². The van der Waals surface area contributed by atoms with E-state index in [1.165, 1.54) is 6.07 Å². The van der Waals surface area contributed by atoms with Gasteiger partial charge >= 0.3 is 5.69 Å². The summed E-state index contributed by atoms with van der Waals surface area (Å²) >= 11 is 0. The molecular formula is C16H17NO4. The van der Waals surface area contributed by atoms with Crippen molar-refractivity contribution in [2.45, 2.75) is 26.4 Å². The highest BCUT2D eigenvalue weighted by molar-refractivity contribution is 5.50. The molecule has 0 saturated carbocycles. The average molecular weight is 287 g/mol. The van der Waals surface area contributed by atoms with Gasteiger partial charge < -0.3 is 9.84 Å². The van der Waals surface area contributed by atoms with Crippen LogP contribution in [0.5, 0.6) is 11.5 Å². The zero-order chi connectivity index (χ0) is 15.4. The van der Waals surface area contributed by atoms with Crippen LogP contribution in [0.25, 0.3) is 0 Å². The first-order valence-electron chi connectivity index (χ1n) is 6.72.